The standard InChI is InChI=1S/C33H46F2N2O4S/c1-23-7-6-8-26(17-23)29-22-37(30(31(38)39)32(2,3)4)21-27(29)20-36-15-13-25(14-16-36)19-33(34,35)18-24-9-11-28(12-10-24)42(5,40)41/h6-12,17,25,27,29-30H,13-16,18-22H2,1-5H3,(H,38,39). The van der Waals surface area contributed by atoms with Crippen LogP contribution in [0.25, 0.3) is 0 Å². The summed E-state index contributed by atoms with van der Waals surface area (Å²) in [6, 6.07) is 13.7. The molecular formula is C33H46F2N2O4S. The van der Waals surface area contributed by atoms with Crippen LogP contribution < -0.4 is 0 Å². The minimum Gasteiger partial charge on any atom is -0.480 e. The predicted molar refractivity (Wildman–Crippen MR) is 162 cm³/mol. The van der Waals surface area contributed by atoms with Gasteiger partial charge in [0.25, 0.3) is 5.92 Å². The number of hydrogen-bond donors (Lipinski definition) is 1. The number of aliphatic carboxylic acids is 1. The van der Waals surface area contributed by atoms with Crippen molar-refractivity contribution in [1.29, 1.82) is 0 Å². The Kier molecular flexibility index (Phi) is 9.85. The molecule has 2 aromatic rings. The van der Waals surface area contributed by atoms with E-state index in [2.05, 4.69) is 41.0 Å². The van der Waals surface area contributed by atoms with E-state index in [-0.39, 0.29) is 29.1 Å². The van der Waals surface area contributed by atoms with Crippen LogP contribution in [0.3, 0.4) is 0 Å². The molecule has 232 valence electrons. The number of hydrogen-bond acceptors (Lipinski definition) is 5. The minimum absolute atomic E-state index is 0.0727. The van der Waals surface area contributed by atoms with E-state index in [0.717, 1.165) is 25.9 Å². The maximum Gasteiger partial charge on any atom is 0.321 e. The lowest BCUT2D eigenvalue weighted by Crippen LogP contribution is -2.48. The van der Waals surface area contributed by atoms with Gasteiger partial charge in [0.05, 0.1) is 4.90 Å². The first-order chi connectivity index (χ1) is 19.5. The summed E-state index contributed by atoms with van der Waals surface area (Å²) in [4.78, 5) is 17.0. The van der Waals surface area contributed by atoms with Crippen molar-refractivity contribution in [2.24, 2.45) is 17.3 Å². The van der Waals surface area contributed by atoms with E-state index in [1.54, 1.807) is 0 Å². The predicted octanol–water partition coefficient (Wildman–Crippen LogP) is 5.89. The molecule has 0 aromatic heterocycles. The topological polar surface area (TPSA) is 77.9 Å². The molecule has 2 heterocycles. The molecule has 0 radical (unpaired) electrons. The van der Waals surface area contributed by atoms with Crippen LogP contribution in [0.1, 0.15) is 62.6 Å². The first kappa shape index (κ1) is 32.6. The molecule has 2 aliphatic heterocycles. The summed E-state index contributed by atoms with van der Waals surface area (Å²) in [5, 5.41) is 10.1. The number of sulfone groups is 1. The van der Waals surface area contributed by atoms with Gasteiger partial charge in [0, 0.05) is 44.6 Å². The van der Waals surface area contributed by atoms with E-state index in [9.17, 15) is 18.3 Å². The zero-order valence-electron chi connectivity index (χ0n) is 25.5. The molecule has 3 unspecified atom stereocenters. The number of carboxylic acids is 1. The lowest BCUT2D eigenvalue weighted by molar-refractivity contribution is -0.147. The Bertz CT molecular complexity index is 1330. The summed E-state index contributed by atoms with van der Waals surface area (Å²) in [6.45, 7) is 11.7. The Morgan fingerprint density at radius 2 is 1.69 bits per heavy atom. The Morgan fingerprint density at radius 1 is 1.05 bits per heavy atom. The fourth-order valence-electron chi connectivity index (χ4n) is 7.01. The number of benzene rings is 2. The number of carboxylic acid groups (broad SMARTS) is 1. The van der Waals surface area contributed by atoms with Crippen LogP contribution in [0.5, 0.6) is 0 Å². The van der Waals surface area contributed by atoms with Gasteiger partial charge >= 0.3 is 5.97 Å². The monoisotopic (exact) mass is 604 g/mol. The van der Waals surface area contributed by atoms with Gasteiger partial charge in [0.15, 0.2) is 9.84 Å². The fourth-order valence-corrected chi connectivity index (χ4v) is 7.64. The van der Waals surface area contributed by atoms with Gasteiger partial charge in [-0.2, -0.15) is 0 Å². The molecule has 0 bridgehead atoms. The first-order valence-corrected chi connectivity index (χ1v) is 16.8. The molecule has 2 saturated heterocycles. The molecule has 9 heteroatoms. The van der Waals surface area contributed by atoms with Gasteiger partial charge in [-0.25, -0.2) is 17.2 Å². The maximum absolute atomic E-state index is 15.0. The number of likely N-dealkylation sites (tertiary alicyclic amines) is 2. The van der Waals surface area contributed by atoms with E-state index >= 15 is 8.78 Å². The number of aryl methyl sites for hydroxylation is 1. The second-order valence-corrected chi connectivity index (χ2v) is 15.8. The number of carbonyl (C=O) groups is 1. The molecular weight excluding hydrogens is 558 g/mol. The molecule has 42 heavy (non-hydrogen) atoms. The molecule has 6 nitrogen and oxygen atoms in total. The third-order valence-corrected chi connectivity index (χ3v) is 10.1. The van der Waals surface area contributed by atoms with Crippen LogP contribution in [-0.4, -0.2) is 80.2 Å². The Labute approximate surface area is 250 Å². The zero-order chi connectivity index (χ0) is 30.9. The SMILES string of the molecule is Cc1cccc(C2CN(C(C(=O)O)C(C)(C)C)CC2CN2CCC(CC(F)(F)Cc3ccc(S(C)(=O)=O)cc3)CC2)c1. The Balaban J connectivity index is 1.37. The molecule has 2 aliphatic rings. The van der Waals surface area contributed by atoms with E-state index in [0.29, 0.717) is 31.5 Å². The summed E-state index contributed by atoms with van der Waals surface area (Å²) in [5.74, 6) is -3.26. The van der Waals surface area contributed by atoms with Crippen molar-refractivity contribution >= 4 is 15.8 Å². The number of halogens is 2. The highest BCUT2D eigenvalue weighted by molar-refractivity contribution is 7.90. The van der Waals surface area contributed by atoms with Crippen LogP contribution in [0.4, 0.5) is 8.78 Å². The van der Waals surface area contributed by atoms with Crippen molar-refractivity contribution in [3.8, 4) is 0 Å². The van der Waals surface area contributed by atoms with Crippen LogP contribution in [0, 0.1) is 24.2 Å². The van der Waals surface area contributed by atoms with Crippen molar-refractivity contribution in [3.05, 3.63) is 65.2 Å². The molecule has 0 saturated carbocycles. The Morgan fingerprint density at radius 3 is 2.24 bits per heavy atom. The van der Waals surface area contributed by atoms with E-state index in [1.807, 2.05) is 20.8 Å². The van der Waals surface area contributed by atoms with Crippen molar-refractivity contribution < 1.29 is 27.1 Å². The maximum atomic E-state index is 15.0. The average molecular weight is 605 g/mol. The molecule has 2 aromatic carbocycles. The molecule has 0 spiro atoms. The molecule has 3 atom stereocenters. The van der Waals surface area contributed by atoms with Crippen LogP contribution in [0.2, 0.25) is 0 Å². The minimum atomic E-state index is -3.36. The number of alkyl halides is 2. The Hall–Kier alpha value is -2.36. The van der Waals surface area contributed by atoms with Crippen molar-refractivity contribution in [3.63, 3.8) is 0 Å². The molecule has 0 amide bonds. The highest BCUT2D eigenvalue weighted by atomic mass is 32.2. The summed E-state index contributed by atoms with van der Waals surface area (Å²) < 4.78 is 53.4. The van der Waals surface area contributed by atoms with E-state index in [1.165, 1.54) is 35.4 Å². The largest absolute Gasteiger partial charge is 0.480 e. The highest BCUT2D eigenvalue weighted by Crippen LogP contribution is 2.39. The summed E-state index contributed by atoms with van der Waals surface area (Å²) in [5.41, 5.74) is 2.45. The average Bonchev–Trinajstić information content (AvgIpc) is 3.26. The van der Waals surface area contributed by atoms with Crippen LogP contribution >= 0.6 is 0 Å². The quantitative estimate of drug-likeness (QED) is 0.364. The molecule has 2 fully saturated rings. The van der Waals surface area contributed by atoms with Gasteiger partial charge in [-0.05, 0) is 73.4 Å². The lowest BCUT2D eigenvalue weighted by atomic mass is 9.85. The second-order valence-electron chi connectivity index (χ2n) is 13.7. The van der Waals surface area contributed by atoms with Gasteiger partial charge in [0.1, 0.15) is 6.04 Å². The summed E-state index contributed by atoms with van der Waals surface area (Å²) in [6.07, 6.45) is 1.93. The van der Waals surface area contributed by atoms with Crippen LogP contribution in [-0.2, 0) is 21.1 Å². The number of rotatable bonds is 10. The van der Waals surface area contributed by atoms with Gasteiger partial charge in [-0.3, -0.25) is 9.69 Å². The van der Waals surface area contributed by atoms with E-state index in [4.69, 9.17) is 0 Å². The summed E-state index contributed by atoms with van der Waals surface area (Å²) in [7, 11) is -3.36. The third-order valence-electron chi connectivity index (χ3n) is 8.96. The second kappa shape index (κ2) is 12.7. The zero-order valence-corrected chi connectivity index (χ0v) is 26.3. The highest BCUT2D eigenvalue weighted by Gasteiger charge is 2.44. The van der Waals surface area contributed by atoms with Gasteiger partial charge in [0.2, 0.25) is 0 Å². The first-order valence-electron chi connectivity index (χ1n) is 14.9. The van der Waals surface area contributed by atoms with Gasteiger partial charge < -0.3 is 10.0 Å². The molecule has 4 rings (SSSR count). The fraction of sp³-hybridized carbons (Fsp3) is 0.606. The van der Waals surface area contributed by atoms with Crippen molar-refractivity contribution in [1.82, 2.24) is 9.80 Å². The van der Waals surface area contributed by atoms with Crippen molar-refractivity contribution in [2.75, 3.05) is 39.0 Å². The smallest absolute Gasteiger partial charge is 0.321 e. The number of nitrogens with zero attached hydrogens (tertiary/aromatic N) is 2. The summed E-state index contributed by atoms with van der Waals surface area (Å²) >= 11 is 0. The van der Waals surface area contributed by atoms with Gasteiger partial charge in [-0.15, -0.1) is 0 Å². The normalized spacial score (nSPS) is 22.4. The molecule has 0 aliphatic carbocycles. The van der Waals surface area contributed by atoms with Crippen LogP contribution in [0.15, 0.2) is 53.4 Å². The third kappa shape index (κ3) is 8.38. The number of piperidine rings is 1. The molecule has 1 N–H and O–H groups in total. The van der Waals surface area contributed by atoms with Gasteiger partial charge in [-0.1, -0.05) is 62.7 Å². The lowest BCUT2D eigenvalue weighted by Gasteiger charge is -2.36. The van der Waals surface area contributed by atoms with Crippen molar-refractivity contribution in [2.45, 2.75) is 76.2 Å². The van der Waals surface area contributed by atoms with E-state index < -0.39 is 39.6 Å².